The molecule has 1 atom stereocenters. The Kier molecular flexibility index (Phi) is 4.80. The summed E-state index contributed by atoms with van der Waals surface area (Å²) >= 11 is 0. The molecule has 8 heteroatoms. The highest BCUT2D eigenvalue weighted by atomic mass is 19.3. The number of nitrogens with one attached hydrogen (secondary N) is 1. The van der Waals surface area contributed by atoms with E-state index >= 15 is 0 Å². The molecule has 0 spiro atoms. The number of imidazole rings is 1. The van der Waals surface area contributed by atoms with Gasteiger partial charge in [0.15, 0.2) is 0 Å². The van der Waals surface area contributed by atoms with Crippen molar-refractivity contribution < 1.29 is 23.4 Å². The van der Waals surface area contributed by atoms with Crippen LogP contribution < -0.4 is 9.47 Å². The molecule has 0 amide bonds. The normalized spacial score (nSPS) is 12.6. The van der Waals surface area contributed by atoms with Gasteiger partial charge in [0.05, 0.1) is 18.1 Å². The number of aromatic nitrogens is 3. The maximum Gasteiger partial charge on any atom is 0.387 e. The molecule has 0 bridgehead atoms. The molecular weight excluding hydrogens is 332 g/mol. The van der Waals surface area contributed by atoms with Gasteiger partial charge in [-0.05, 0) is 25.1 Å². The van der Waals surface area contributed by atoms with E-state index in [1.165, 1.54) is 12.1 Å². The van der Waals surface area contributed by atoms with Gasteiger partial charge in [0.1, 0.15) is 23.4 Å². The van der Waals surface area contributed by atoms with Gasteiger partial charge in [0, 0.05) is 29.9 Å². The number of ether oxygens (including phenoxy) is 2. The van der Waals surface area contributed by atoms with Gasteiger partial charge in [0.2, 0.25) is 0 Å². The van der Waals surface area contributed by atoms with E-state index in [-0.39, 0.29) is 12.2 Å². The summed E-state index contributed by atoms with van der Waals surface area (Å²) in [7, 11) is 1.57. The molecule has 0 aliphatic heterocycles. The van der Waals surface area contributed by atoms with Crippen molar-refractivity contribution in [3.63, 3.8) is 0 Å². The molecule has 3 rings (SSSR count). The van der Waals surface area contributed by atoms with Crippen molar-refractivity contribution in [3.8, 4) is 11.5 Å². The molecule has 0 aliphatic rings. The summed E-state index contributed by atoms with van der Waals surface area (Å²) in [5.74, 6) is 1.03. The highest BCUT2D eigenvalue weighted by Crippen LogP contribution is 2.26. The molecule has 0 saturated heterocycles. The summed E-state index contributed by atoms with van der Waals surface area (Å²) in [6.45, 7) is -1.04. The lowest BCUT2D eigenvalue weighted by Gasteiger charge is -2.11. The zero-order valence-electron chi connectivity index (χ0n) is 13.7. The van der Waals surface area contributed by atoms with Gasteiger partial charge < -0.3 is 19.6 Å². The van der Waals surface area contributed by atoms with Gasteiger partial charge in [-0.3, -0.25) is 4.98 Å². The Morgan fingerprint density at radius 2 is 2.08 bits per heavy atom. The van der Waals surface area contributed by atoms with Crippen LogP contribution >= 0.6 is 0 Å². The number of hydrogen-bond donors (Lipinski definition) is 2. The fourth-order valence-corrected chi connectivity index (χ4v) is 2.61. The van der Waals surface area contributed by atoms with Crippen LogP contribution in [-0.2, 0) is 6.42 Å². The highest BCUT2D eigenvalue weighted by molar-refractivity contribution is 5.76. The Labute approximate surface area is 142 Å². The highest BCUT2D eigenvalue weighted by Gasteiger charge is 2.17. The number of pyridine rings is 1. The molecule has 2 aromatic heterocycles. The minimum absolute atomic E-state index is 0.0142. The summed E-state index contributed by atoms with van der Waals surface area (Å²) in [5, 5.41) is 10.5. The molecule has 3 aromatic rings. The zero-order valence-corrected chi connectivity index (χ0v) is 13.7. The fourth-order valence-electron chi connectivity index (χ4n) is 2.61. The van der Waals surface area contributed by atoms with Gasteiger partial charge in [0.25, 0.3) is 0 Å². The van der Waals surface area contributed by atoms with E-state index in [0.29, 0.717) is 28.3 Å². The predicted octanol–water partition coefficient (Wildman–Crippen LogP) is 3.15. The summed E-state index contributed by atoms with van der Waals surface area (Å²) in [6.07, 6.45) is 0.925. The van der Waals surface area contributed by atoms with Crippen molar-refractivity contribution in [3.05, 3.63) is 47.5 Å². The van der Waals surface area contributed by atoms with E-state index < -0.39 is 12.7 Å². The number of H-pyrrole nitrogens is 1. The first-order chi connectivity index (χ1) is 12.0. The molecule has 0 aliphatic carbocycles. The van der Waals surface area contributed by atoms with Gasteiger partial charge >= 0.3 is 6.61 Å². The van der Waals surface area contributed by atoms with Crippen LogP contribution in [0.15, 0.2) is 30.5 Å². The van der Waals surface area contributed by atoms with Crippen LogP contribution in [-0.4, -0.2) is 33.8 Å². The van der Waals surface area contributed by atoms with Crippen molar-refractivity contribution in [2.75, 3.05) is 7.11 Å². The summed E-state index contributed by atoms with van der Waals surface area (Å²) < 4.78 is 34.2. The number of hydrogen-bond acceptors (Lipinski definition) is 5. The Morgan fingerprint density at radius 1 is 1.28 bits per heavy atom. The Hall–Kier alpha value is -2.74. The third kappa shape index (κ3) is 3.69. The number of nitrogens with zero attached hydrogens (tertiary/aromatic N) is 2. The van der Waals surface area contributed by atoms with Gasteiger partial charge in [-0.25, -0.2) is 4.98 Å². The number of aromatic amines is 1. The fraction of sp³-hybridized carbons (Fsp3) is 0.294. The van der Waals surface area contributed by atoms with Gasteiger partial charge in [-0.15, -0.1) is 0 Å². The predicted molar refractivity (Wildman–Crippen MR) is 86.9 cm³/mol. The van der Waals surface area contributed by atoms with E-state index in [1.807, 2.05) is 6.92 Å². The standard InChI is InChI=1S/C17H17F2N3O3/c1-9-12(20-6-5-15(9)24-2)8-14(23)16-21-11-4-3-10(25-17(18)19)7-13(11)22-16/h3-7,14,17,23H,8H2,1-2H3,(H,21,22). The molecule has 6 nitrogen and oxygen atoms in total. The quantitative estimate of drug-likeness (QED) is 0.715. The Bertz CT molecular complexity index is 883. The van der Waals surface area contributed by atoms with Crippen LogP contribution in [0, 0.1) is 6.92 Å². The molecule has 0 radical (unpaired) electrons. The molecule has 2 heterocycles. The number of aliphatic hydroxyl groups excluding tert-OH is 1. The van der Waals surface area contributed by atoms with Crippen LogP contribution in [0.5, 0.6) is 11.5 Å². The second kappa shape index (κ2) is 7.02. The number of rotatable bonds is 6. The third-order valence-electron chi connectivity index (χ3n) is 3.88. The number of methoxy groups -OCH3 is 1. The second-order valence-electron chi connectivity index (χ2n) is 5.48. The van der Waals surface area contributed by atoms with E-state index in [9.17, 15) is 13.9 Å². The topological polar surface area (TPSA) is 80.3 Å². The Balaban J connectivity index is 1.83. The van der Waals surface area contributed by atoms with Crippen molar-refractivity contribution in [2.24, 2.45) is 0 Å². The van der Waals surface area contributed by atoms with Crippen LogP contribution in [0.4, 0.5) is 8.78 Å². The average molecular weight is 349 g/mol. The van der Waals surface area contributed by atoms with Crippen LogP contribution in [0.1, 0.15) is 23.2 Å². The van der Waals surface area contributed by atoms with Gasteiger partial charge in [-0.1, -0.05) is 0 Å². The summed E-state index contributed by atoms with van der Waals surface area (Å²) in [6, 6.07) is 6.13. The minimum Gasteiger partial charge on any atom is -0.496 e. The molecule has 2 N–H and O–H groups in total. The number of fused-ring (bicyclic) bond motifs is 1. The smallest absolute Gasteiger partial charge is 0.387 e. The van der Waals surface area contributed by atoms with Crippen LogP contribution in [0.3, 0.4) is 0 Å². The maximum atomic E-state index is 12.3. The summed E-state index contributed by atoms with van der Waals surface area (Å²) in [5.41, 5.74) is 2.58. The lowest BCUT2D eigenvalue weighted by molar-refractivity contribution is -0.0497. The third-order valence-corrected chi connectivity index (χ3v) is 3.88. The van der Waals surface area contributed by atoms with Crippen molar-refractivity contribution in [1.29, 1.82) is 0 Å². The lowest BCUT2D eigenvalue weighted by Crippen LogP contribution is -2.07. The molecule has 1 unspecified atom stereocenters. The SMILES string of the molecule is COc1ccnc(CC(O)c2nc3cc(OC(F)F)ccc3[nH]2)c1C. The lowest BCUT2D eigenvalue weighted by atomic mass is 10.1. The first kappa shape index (κ1) is 17.1. The number of halogens is 2. The maximum absolute atomic E-state index is 12.3. The minimum atomic E-state index is -2.90. The zero-order chi connectivity index (χ0) is 18.0. The van der Waals surface area contributed by atoms with E-state index in [4.69, 9.17) is 4.74 Å². The summed E-state index contributed by atoms with van der Waals surface area (Å²) in [4.78, 5) is 11.5. The first-order valence-electron chi connectivity index (χ1n) is 7.59. The Morgan fingerprint density at radius 3 is 2.80 bits per heavy atom. The van der Waals surface area contributed by atoms with Crippen LogP contribution in [0.25, 0.3) is 11.0 Å². The molecule has 1 aromatic carbocycles. The van der Waals surface area contributed by atoms with E-state index in [0.717, 1.165) is 5.56 Å². The largest absolute Gasteiger partial charge is 0.496 e. The molecule has 0 saturated carbocycles. The molecule has 132 valence electrons. The van der Waals surface area contributed by atoms with Crippen molar-refractivity contribution >= 4 is 11.0 Å². The number of aliphatic hydroxyl groups is 1. The second-order valence-corrected chi connectivity index (χ2v) is 5.48. The molecule has 0 fully saturated rings. The first-order valence-corrected chi connectivity index (χ1v) is 7.59. The average Bonchev–Trinajstić information content (AvgIpc) is 2.99. The van der Waals surface area contributed by atoms with Gasteiger partial charge in [-0.2, -0.15) is 8.78 Å². The number of alkyl halides is 2. The molecular formula is C17H17F2N3O3. The van der Waals surface area contributed by atoms with E-state index in [2.05, 4.69) is 19.7 Å². The van der Waals surface area contributed by atoms with E-state index in [1.54, 1.807) is 25.4 Å². The van der Waals surface area contributed by atoms with Crippen molar-refractivity contribution in [1.82, 2.24) is 15.0 Å². The van der Waals surface area contributed by atoms with Crippen LogP contribution in [0.2, 0.25) is 0 Å². The monoisotopic (exact) mass is 349 g/mol. The number of benzene rings is 1. The molecule has 25 heavy (non-hydrogen) atoms. The van der Waals surface area contributed by atoms with Crippen molar-refractivity contribution in [2.45, 2.75) is 26.1 Å².